The van der Waals surface area contributed by atoms with Crippen LogP contribution in [0.1, 0.15) is 46.0 Å². The molecule has 0 aromatic rings. The van der Waals surface area contributed by atoms with E-state index in [0.717, 1.165) is 32.1 Å². The van der Waals surface area contributed by atoms with E-state index in [1.54, 1.807) is 0 Å². The molecule has 0 heterocycles. The van der Waals surface area contributed by atoms with E-state index in [9.17, 15) is 9.46 Å². The first-order valence-electron chi connectivity index (χ1n) is 5.11. The molecule has 0 saturated carbocycles. The summed E-state index contributed by atoms with van der Waals surface area (Å²) in [7, 11) is -2.93. The fourth-order valence-electron chi connectivity index (χ4n) is 1.02. The largest absolute Gasteiger partial charge is 0.341 e. The maximum absolute atomic E-state index is 11.4. The Morgan fingerprint density at radius 1 is 1.23 bits per heavy atom. The van der Waals surface area contributed by atoms with E-state index >= 15 is 0 Å². The molecule has 0 spiro atoms. The van der Waals surface area contributed by atoms with Crippen LogP contribution in [-0.4, -0.2) is 11.1 Å². The van der Waals surface area contributed by atoms with Gasteiger partial charge in [-0.15, -0.1) is 0 Å². The quantitative estimate of drug-likeness (QED) is 0.506. The Hall–Kier alpha value is -0.0700. The molecule has 0 aliphatic carbocycles. The van der Waals surface area contributed by atoms with Crippen LogP contribution in [0, 0.1) is 0 Å². The van der Waals surface area contributed by atoms with Crippen molar-refractivity contribution in [3.8, 4) is 0 Å². The minimum atomic E-state index is -2.93. The summed E-state index contributed by atoms with van der Waals surface area (Å²) in [5.74, 6) is 1.51. The maximum atomic E-state index is 11.4. The van der Waals surface area contributed by atoms with Crippen molar-refractivity contribution in [2.45, 2.75) is 46.0 Å². The second-order valence-corrected chi connectivity index (χ2v) is 5.62. The lowest BCUT2D eigenvalue weighted by Crippen LogP contribution is -1.84. The predicted molar refractivity (Wildman–Crippen MR) is 58.3 cm³/mol. The van der Waals surface area contributed by atoms with E-state index in [4.69, 9.17) is 0 Å². The number of unbranched alkanes of at least 4 members (excludes halogenated alkanes) is 3. The summed E-state index contributed by atoms with van der Waals surface area (Å²) < 4.78 is 11.4. The molecule has 1 N–H and O–H groups in total. The third-order valence-electron chi connectivity index (χ3n) is 1.89. The zero-order valence-corrected chi connectivity index (χ0v) is 9.59. The Labute approximate surface area is 81.5 Å². The summed E-state index contributed by atoms with van der Waals surface area (Å²) in [6, 6.07) is 0. The average Bonchev–Trinajstić information content (AvgIpc) is 2.09. The van der Waals surface area contributed by atoms with Crippen molar-refractivity contribution >= 4 is 7.37 Å². The van der Waals surface area contributed by atoms with Crippen LogP contribution in [0.4, 0.5) is 0 Å². The first kappa shape index (κ1) is 12.9. The minimum Gasteiger partial charge on any atom is -0.341 e. The number of rotatable bonds is 7. The fourth-order valence-corrected chi connectivity index (χ4v) is 2.42. The molecule has 1 atom stereocenters. The zero-order chi connectivity index (χ0) is 10.2. The summed E-state index contributed by atoms with van der Waals surface area (Å²) in [6.45, 7) is 4.14. The normalized spacial score (nSPS) is 16.2. The van der Waals surface area contributed by atoms with Gasteiger partial charge >= 0.3 is 0 Å². The molecule has 3 heteroatoms. The Bertz CT molecular complexity index is 187. The van der Waals surface area contributed by atoms with E-state index in [1.807, 2.05) is 13.0 Å². The highest BCUT2D eigenvalue weighted by molar-refractivity contribution is 7.61. The van der Waals surface area contributed by atoms with Crippen LogP contribution in [-0.2, 0) is 4.57 Å². The third kappa shape index (κ3) is 8.27. The molecular formula is C10H21O2P. The molecule has 0 saturated heterocycles. The van der Waals surface area contributed by atoms with Crippen molar-refractivity contribution in [3.05, 3.63) is 11.9 Å². The van der Waals surface area contributed by atoms with Crippen LogP contribution in [0.2, 0.25) is 0 Å². The first-order valence-corrected chi connectivity index (χ1v) is 7.03. The molecule has 0 bridgehead atoms. The van der Waals surface area contributed by atoms with Crippen LogP contribution in [0.15, 0.2) is 11.9 Å². The predicted octanol–water partition coefficient (Wildman–Crippen LogP) is 3.76. The lowest BCUT2D eigenvalue weighted by atomic mass is 10.2. The molecule has 0 radical (unpaired) electrons. The van der Waals surface area contributed by atoms with Gasteiger partial charge in [0.2, 0.25) is 7.37 Å². The molecule has 0 rings (SSSR count). The number of allylic oxidation sites excluding steroid dienone is 1. The van der Waals surface area contributed by atoms with Crippen molar-refractivity contribution in [1.29, 1.82) is 0 Å². The van der Waals surface area contributed by atoms with Crippen molar-refractivity contribution in [3.63, 3.8) is 0 Å². The molecule has 0 amide bonds. The molecule has 78 valence electrons. The summed E-state index contributed by atoms with van der Waals surface area (Å²) in [5, 5.41) is 0. The topological polar surface area (TPSA) is 37.3 Å². The van der Waals surface area contributed by atoms with Crippen LogP contribution in [0.25, 0.3) is 0 Å². The summed E-state index contributed by atoms with van der Waals surface area (Å²) in [4.78, 5) is 9.41. The van der Waals surface area contributed by atoms with E-state index in [0.29, 0.717) is 6.16 Å². The molecule has 0 aliphatic heterocycles. The van der Waals surface area contributed by atoms with Gasteiger partial charge in [-0.1, -0.05) is 39.2 Å². The van der Waals surface area contributed by atoms with Crippen molar-refractivity contribution in [1.82, 2.24) is 0 Å². The second kappa shape index (κ2) is 7.34. The smallest absolute Gasteiger partial charge is 0.222 e. The maximum Gasteiger partial charge on any atom is 0.222 e. The first-order chi connectivity index (χ1) is 6.12. The molecule has 13 heavy (non-hydrogen) atoms. The van der Waals surface area contributed by atoms with E-state index < -0.39 is 7.37 Å². The molecule has 1 unspecified atom stereocenters. The van der Waals surface area contributed by atoms with Gasteiger partial charge in [0.1, 0.15) is 0 Å². The number of hydrogen-bond donors (Lipinski definition) is 1. The van der Waals surface area contributed by atoms with Gasteiger partial charge in [-0.05, 0) is 18.7 Å². The average molecular weight is 204 g/mol. The highest BCUT2D eigenvalue weighted by atomic mass is 31.2. The van der Waals surface area contributed by atoms with E-state index in [-0.39, 0.29) is 0 Å². The van der Waals surface area contributed by atoms with Crippen LogP contribution < -0.4 is 0 Å². The van der Waals surface area contributed by atoms with Gasteiger partial charge < -0.3 is 4.89 Å². The van der Waals surface area contributed by atoms with Crippen LogP contribution in [0.3, 0.4) is 0 Å². The standard InChI is InChI=1S/C10H21O2P/c1-3-5-7-8-10-13(11,12)9-6-4-2/h8,10H,3-7,9H2,1-2H3,(H,11,12). The van der Waals surface area contributed by atoms with Crippen molar-refractivity contribution in [2.75, 3.05) is 6.16 Å². The minimum absolute atomic E-state index is 0.437. The van der Waals surface area contributed by atoms with Gasteiger partial charge in [0.15, 0.2) is 0 Å². The lowest BCUT2D eigenvalue weighted by molar-refractivity contribution is 0.486. The van der Waals surface area contributed by atoms with Gasteiger partial charge in [0, 0.05) is 6.16 Å². The SMILES string of the molecule is CCCCC=CP(=O)(O)CCCC. The molecule has 0 aromatic heterocycles. The van der Waals surface area contributed by atoms with Crippen molar-refractivity contribution < 1.29 is 9.46 Å². The third-order valence-corrected chi connectivity index (χ3v) is 3.53. The Morgan fingerprint density at radius 2 is 1.85 bits per heavy atom. The van der Waals surface area contributed by atoms with E-state index in [1.165, 1.54) is 5.82 Å². The molecule has 0 fully saturated rings. The summed E-state index contributed by atoms with van der Waals surface area (Å²) in [6.07, 6.45) is 7.26. The molecule has 2 nitrogen and oxygen atoms in total. The molecule has 0 aromatic carbocycles. The Morgan fingerprint density at radius 3 is 2.38 bits per heavy atom. The fraction of sp³-hybridized carbons (Fsp3) is 0.800. The summed E-state index contributed by atoms with van der Waals surface area (Å²) >= 11 is 0. The van der Waals surface area contributed by atoms with E-state index in [2.05, 4.69) is 6.92 Å². The second-order valence-electron chi connectivity index (χ2n) is 3.36. The molecule has 0 aliphatic rings. The Kier molecular flexibility index (Phi) is 7.31. The van der Waals surface area contributed by atoms with Gasteiger partial charge in [0.25, 0.3) is 0 Å². The molecular weight excluding hydrogens is 183 g/mol. The van der Waals surface area contributed by atoms with Crippen LogP contribution in [0.5, 0.6) is 0 Å². The lowest BCUT2D eigenvalue weighted by Gasteiger charge is -2.04. The van der Waals surface area contributed by atoms with Gasteiger partial charge in [-0.25, -0.2) is 0 Å². The van der Waals surface area contributed by atoms with Gasteiger partial charge in [-0.3, -0.25) is 4.57 Å². The Balaban J connectivity index is 3.73. The monoisotopic (exact) mass is 204 g/mol. The van der Waals surface area contributed by atoms with Gasteiger partial charge in [-0.2, -0.15) is 0 Å². The van der Waals surface area contributed by atoms with Gasteiger partial charge in [0.05, 0.1) is 0 Å². The van der Waals surface area contributed by atoms with Crippen molar-refractivity contribution in [2.24, 2.45) is 0 Å². The zero-order valence-electron chi connectivity index (χ0n) is 8.70. The highest BCUT2D eigenvalue weighted by Crippen LogP contribution is 2.43. The van der Waals surface area contributed by atoms with Crippen LogP contribution >= 0.6 is 7.37 Å². The summed E-state index contributed by atoms with van der Waals surface area (Å²) in [5.41, 5.74) is 0. The highest BCUT2D eigenvalue weighted by Gasteiger charge is 2.11. The number of hydrogen-bond acceptors (Lipinski definition) is 1.